The molecule has 1 aromatic rings. The summed E-state index contributed by atoms with van der Waals surface area (Å²) in [4.78, 5) is 14.4. The summed E-state index contributed by atoms with van der Waals surface area (Å²) in [6.07, 6.45) is 1.18. The minimum Gasteiger partial charge on any atom is -0.382 e. The minimum atomic E-state index is -4.34. The van der Waals surface area contributed by atoms with Gasteiger partial charge in [0.1, 0.15) is 10.7 Å². The highest BCUT2D eigenvalue weighted by molar-refractivity contribution is 7.96. The lowest BCUT2D eigenvalue weighted by molar-refractivity contribution is -0.130. The molecule has 0 radical (unpaired) electrons. The molecule has 2 rings (SSSR count). The van der Waals surface area contributed by atoms with E-state index < -0.39 is 31.4 Å². The van der Waals surface area contributed by atoms with Crippen molar-refractivity contribution in [3.05, 3.63) is 40.1 Å². The summed E-state index contributed by atoms with van der Waals surface area (Å²) >= 11 is 5.67. The fourth-order valence-electron chi connectivity index (χ4n) is 2.21. The Hall–Kier alpha value is -1.64. The number of carbonyl (C=O) groups excluding carboxylic acids is 1. The van der Waals surface area contributed by atoms with Gasteiger partial charge in [0.25, 0.3) is 5.91 Å². The summed E-state index contributed by atoms with van der Waals surface area (Å²) in [7, 11) is -1.17. The van der Waals surface area contributed by atoms with Gasteiger partial charge in [0.2, 0.25) is 9.84 Å². The topological polar surface area (TPSA) is 66.9 Å². The Morgan fingerprint density at radius 1 is 1.33 bits per heavy atom. The van der Waals surface area contributed by atoms with Crippen molar-refractivity contribution in [2.75, 3.05) is 40.4 Å². The van der Waals surface area contributed by atoms with E-state index in [0.29, 0.717) is 13.2 Å². The van der Waals surface area contributed by atoms with Gasteiger partial charge in [-0.1, -0.05) is 11.6 Å². The van der Waals surface area contributed by atoms with Crippen LogP contribution in [0.3, 0.4) is 0 Å². The van der Waals surface area contributed by atoms with Crippen molar-refractivity contribution in [1.29, 1.82) is 0 Å². The van der Waals surface area contributed by atoms with Crippen LogP contribution >= 0.6 is 11.6 Å². The Labute approximate surface area is 145 Å². The Kier molecular flexibility index (Phi) is 5.84. The van der Waals surface area contributed by atoms with Crippen molar-refractivity contribution in [3.8, 4) is 0 Å². The highest BCUT2D eigenvalue weighted by atomic mass is 35.5. The average molecular weight is 377 g/mol. The maximum absolute atomic E-state index is 14.1. The number of morpholine rings is 1. The van der Waals surface area contributed by atoms with Gasteiger partial charge in [-0.2, -0.15) is 0 Å². The molecule has 0 bridgehead atoms. The van der Waals surface area contributed by atoms with Crippen molar-refractivity contribution >= 4 is 27.3 Å². The zero-order valence-corrected chi connectivity index (χ0v) is 14.9. The predicted octanol–water partition coefficient (Wildman–Crippen LogP) is 1.51. The Balaban J connectivity index is 2.48. The average Bonchev–Trinajstić information content (AvgIpc) is 2.52. The molecular weight excluding hydrogens is 359 g/mol. The highest BCUT2D eigenvalue weighted by Crippen LogP contribution is 2.26. The van der Waals surface area contributed by atoms with E-state index in [1.54, 1.807) is 14.1 Å². The minimum absolute atomic E-state index is 0.0732. The van der Waals surface area contributed by atoms with Crippen LogP contribution < -0.4 is 0 Å². The number of halogens is 2. The van der Waals surface area contributed by atoms with Gasteiger partial charge in [-0.3, -0.25) is 4.79 Å². The summed E-state index contributed by atoms with van der Waals surface area (Å²) in [6.45, 7) is 1.22. The molecule has 1 saturated heterocycles. The lowest BCUT2D eigenvalue weighted by Crippen LogP contribution is -2.42. The fraction of sp³-hybridized carbons (Fsp3) is 0.400. The van der Waals surface area contributed by atoms with Crippen LogP contribution in [0, 0.1) is 5.82 Å². The van der Waals surface area contributed by atoms with E-state index in [-0.39, 0.29) is 18.1 Å². The number of hydrogen-bond acceptors (Lipinski definition) is 5. The number of carbonyl (C=O) groups is 1. The van der Waals surface area contributed by atoms with Crippen molar-refractivity contribution in [1.82, 2.24) is 9.80 Å². The zero-order chi connectivity index (χ0) is 17.9. The number of ether oxygens (including phenoxy) is 1. The predicted molar refractivity (Wildman–Crippen MR) is 87.8 cm³/mol. The molecule has 1 fully saturated rings. The maximum Gasteiger partial charge on any atom is 0.267 e. The van der Waals surface area contributed by atoms with Crippen LogP contribution in [0.5, 0.6) is 0 Å². The summed E-state index contributed by atoms with van der Waals surface area (Å²) in [5, 5.41) is 0.0732. The highest BCUT2D eigenvalue weighted by Gasteiger charge is 2.33. The van der Waals surface area contributed by atoms with E-state index >= 15 is 0 Å². The van der Waals surface area contributed by atoms with Gasteiger partial charge in [0.15, 0.2) is 4.91 Å². The lowest BCUT2D eigenvalue weighted by atomic mass is 10.3. The molecule has 24 heavy (non-hydrogen) atoms. The van der Waals surface area contributed by atoms with E-state index in [0.717, 1.165) is 12.1 Å². The van der Waals surface area contributed by atoms with Crippen LogP contribution in [0.25, 0.3) is 0 Å². The Morgan fingerprint density at radius 2 is 1.96 bits per heavy atom. The number of sulfone groups is 1. The van der Waals surface area contributed by atoms with Crippen molar-refractivity contribution < 1.29 is 22.3 Å². The van der Waals surface area contributed by atoms with Crippen molar-refractivity contribution in [3.63, 3.8) is 0 Å². The first-order chi connectivity index (χ1) is 11.2. The third-order valence-electron chi connectivity index (χ3n) is 3.36. The van der Waals surface area contributed by atoms with E-state index in [1.807, 2.05) is 0 Å². The number of benzene rings is 1. The molecule has 1 heterocycles. The fourth-order valence-corrected chi connectivity index (χ4v) is 3.88. The normalized spacial score (nSPS) is 16.2. The molecule has 0 spiro atoms. The first-order valence-electron chi connectivity index (χ1n) is 7.19. The van der Waals surface area contributed by atoms with Crippen LogP contribution in [0.2, 0.25) is 5.02 Å². The second-order valence-electron chi connectivity index (χ2n) is 5.44. The lowest BCUT2D eigenvalue weighted by Gasteiger charge is -2.28. The van der Waals surface area contributed by atoms with Gasteiger partial charge < -0.3 is 14.5 Å². The molecule has 1 amide bonds. The molecule has 0 aromatic heterocycles. The molecule has 6 nitrogen and oxygen atoms in total. The van der Waals surface area contributed by atoms with Gasteiger partial charge in [-0.15, -0.1) is 0 Å². The molecule has 132 valence electrons. The SMILES string of the molecule is CN(C)C=C(C(=O)N1CCOCC1)S(=O)(=O)c1ccc(Cl)cc1F. The number of hydrogen-bond donors (Lipinski definition) is 0. The van der Waals surface area contributed by atoms with Crippen LogP contribution in [-0.2, 0) is 19.4 Å². The molecule has 1 aromatic carbocycles. The summed E-state index contributed by atoms with van der Waals surface area (Å²) < 4.78 is 44.9. The molecule has 1 aliphatic heterocycles. The van der Waals surface area contributed by atoms with Gasteiger partial charge >= 0.3 is 0 Å². The first kappa shape index (κ1) is 18.7. The van der Waals surface area contributed by atoms with Gasteiger partial charge in [-0.25, -0.2) is 12.8 Å². The van der Waals surface area contributed by atoms with E-state index in [1.165, 1.54) is 22.1 Å². The maximum atomic E-state index is 14.1. The third-order valence-corrected chi connectivity index (χ3v) is 5.36. The van der Waals surface area contributed by atoms with Crippen molar-refractivity contribution in [2.45, 2.75) is 4.90 Å². The Morgan fingerprint density at radius 3 is 2.50 bits per heavy atom. The second-order valence-corrected chi connectivity index (χ2v) is 7.76. The summed E-state index contributed by atoms with van der Waals surface area (Å²) in [5.41, 5.74) is 0. The molecule has 0 atom stereocenters. The van der Waals surface area contributed by atoms with Crippen LogP contribution in [0.15, 0.2) is 34.2 Å². The monoisotopic (exact) mass is 376 g/mol. The third kappa shape index (κ3) is 4.06. The van der Waals surface area contributed by atoms with E-state index in [9.17, 15) is 17.6 Å². The van der Waals surface area contributed by atoms with Gasteiger partial charge in [-0.05, 0) is 18.2 Å². The zero-order valence-electron chi connectivity index (χ0n) is 13.3. The molecule has 9 heteroatoms. The van der Waals surface area contributed by atoms with Crippen LogP contribution in [0.4, 0.5) is 4.39 Å². The van der Waals surface area contributed by atoms with Gasteiger partial charge in [0, 0.05) is 38.4 Å². The molecule has 0 saturated carbocycles. The molecular formula is C15H18ClFN2O4S. The number of rotatable bonds is 4. The van der Waals surface area contributed by atoms with Crippen LogP contribution in [-0.4, -0.2) is 64.5 Å². The Bertz CT molecular complexity index is 759. The molecule has 0 N–H and O–H groups in total. The summed E-state index contributed by atoms with van der Waals surface area (Å²) in [5.74, 6) is -1.68. The van der Waals surface area contributed by atoms with E-state index in [2.05, 4.69) is 0 Å². The van der Waals surface area contributed by atoms with Crippen molar-refractivity contribution in [2.24, 2.45) is 0 Å². The van der Waals surface area contributed by atoms with Crippen LogP contribution in [0.1, 0.15) is 0 Å². The van der Waals surface area contributed by atoms with Gasteiger partial charge in [0.05, 0.1) is 13.2 Å². The van der Waals surface area contributed by atoms with E-state index in [4.69, 9.17) is 16.3 Å². The molecule has 0 aliphatic carbocycles. The number of amides is 1. The second kappa shape index (κ2) is 7.50. The summed E-state index contributed by atoms with van der Waals surface area (Å²) in [6, 6.07) is 3.23. The largest absolute Gasteiger partial charge is 0.382 e. The first-order valence-corrected chi connectivity index (χ1v) is 9.05. The molecule has 0 unspecified atom stereocenters. The standard InChI is InChI=1S/C15H18ClFN2O4S/c1-18(2)10-14(15(20)19-5-7-23-8-6-19)24(21,22)13-4-3-11(16)9-12(13)17/h3-4,9-10H,5-8H2,1-2H3. The smallest absolute Gasteiger partial charge is 0.267 e. The molecule has 1 aliphatic rings. The quantitative estimate of drug-likeness (QED) is 0.745. The number of nitrogens with zero attached hydrogens (tertiary/aromatic N) is 2.